The van der Waals surface area contributed by atoms with Crippen molar-refractivity contribution in [2.24, 2.45) is 0 Å². The van der Waals surface area contributed by atoms with E-state index in [4.69, 9.17) is 11.2 Å². The number of piperazine rings is 1. The van der Waals surface area contributed by atoms with E-state index in [-0.39, 0.29) is 12.4 Å². The molecular formula is C27H28FN3O2. The minimum Gasteiger partial charge on any atom is -0.481 e. The van der Waals surface area contributed by atoms with Crippen LogP contribution in [0.2, 0.25) is 0 Å². The lowest BCUT2D eigenvalue weighted by Gasteiger charge is -2.37. The summed E-state index contributed by atoms with van der Waals surface area (Å²) >= 11 is 0. The maximum atomic E-state index is 15.0. The summed E-state index contributed by atoms with van der Waals surface area (Å²) in [5.74, 6) is 2.96. The van der Waals surface area contributed by atoms with Gasteiger partial charge in [-0.15, -0.1) is 6.42 Å². The van der Waals surface area contributed by atoms with Crippen LogP contribution in [-0.4, -0.2) is 47.8 Å². The summed E-state index contributed by atoms with van der Waals surface area (Å²) in [7, 11) is 0. The van der Waals surface area contributed by atoms with Crippen LogP contribution in [0.5, 0.6) is 5.75 Å². The van der Waals surface area contributed by atoms with Gasteiger partial charge in [-0.2, -0.15) is 0 Å². The molecule has 2 heterocycles. The summed E-state index contributed by atoms with van der Waals surface area (Å²) in [6.07, 6.45) is 6.05. The smallest absolute Gasteiger partial charge is 0.148 e. The topological polar surface area (TPSA) is 48.8 Å². The molecule has 0 amide bonds. The molecule has 0 bridgehead atoms. The van der Waals surface area contributed by atoms with Crippen LogP contribution in [0.4, 0.5) is 10.1 Å². The molecule has 0 radical (unpaired) electrons. The van der Waals surface area contributed by atoms with E-state index in [1.165, 1.54) is 6.07 Å². The quantitative estimate of drug-likeness (QED) is 0.558. The maximum absolute atomic E-state index is 15.0. The summed E-state index contributed by atoms with van der Waals surface area (Å²) < 4.78 is 20.6. The van der Waals surface area contributed by atoms with Gasteiger partial charge in [-0.05, 0) is 30.7 Å². The van der Waals surface area contributed by atoms with Gasteiger partial charge in [0.2, 0.25) is 0 Å². The van der Waals surface area contributed by atoms with Gasteiger partial charge in [0, 0.05) is 50.0 Å². The third-order valence-electron chi connectivity index (χ3n) is 5.89. The third kappa shape index (κ3) is 5.33. The third-order valence-corrected chi connectivity index (χ3v) is 5.89. The molecule has 2 aromatic carbocycles. The Bertz CT molecular complexity index is 1120. The molecule has 33 heavy (non-hydrogen) atoms. The lowest BCUT2D eigenvalue weighted by Crippen LogP contribution is -2.46. The van der Waals surface area contributed by atoms with E-state index in [1.54, 1.807) is 24.4 Å². The summed E-state index contributed by atoms with van der Waals surface area (Å²) in [4.78, 5) is 8.66. The first-order valence-electron chi connectivity index (χ1n) is 11.1. The Morgan fingerprint density at radius 1 is 1.09 bits per heavy atom. The number of para-hydroxylation sites is 2. The Morgan fingerprint density at radius 2 is 1.88 bits per heavy atom. The Kier molecular flexibility index (Phi) is 7.23. The highest BCUT2D eigenvalue weighted by atomic mass is 19.1. The van der Waals surface area contributed by atoms with Crippen LogP contribution in [0.3, 0.4) is 0 Å². The summed E-state index contributed by atoms with van der Waals surface area (Å²) in [5.41, 5.74) is 3.58. The van der Waals surface area contributed by atoms with Gasteiger partial charge in [0.05, 0.1) is 11.4 Å². The Balaban J connectivity index is 1.47. The number of ether oxygens (including phenoxy) is 1. The van der Waals surface area contributed by atoms with Crippen molar-refractivity contribution in [3.63, 3.8) is 0 Å². The predicted octanol–water partition coefficient (Wildman–Crippen LogP) is 3.95. The second-order valence-electron chi connectivity index (χ2n) is 8.20. The number of hydrogen-bond donors (Lipinski definition) is 1. The molecule has 1 aliphatic heterocycles. The van der Waals surface area contributed by atoms with Crippen molar-refractivity contribution >= 4 is 5.69 Å². The van der Waals surface area contributed by atoms with Crippen LogP contribution in [0, 0.1) is 25.1 Å². The molecule has 1 saturated heterocycles. The molecule has 1 N–H and O–H groups in total. The van der Waals surface area contributed by atoms with E-state index >= 15 is 0 Å². The first-order chi connectivity index (χ1) is 16.1. The largest absolute Gasteiger partial charge is 0.481 e. The number of rotatable bonds is 7. The van der Waals surface area contributed by atoms with E-state index in [0.29, 0.717) is 30.0 Å². The predicted molar refractivity (Wildman–Crippen MR) is 128 cm³/mol. The zero-order chi connectivity index (χ0) is 23.2. The first kappa shape index (κ1) is 22.8. The number of nitrogens with zero attached hydrogens (tertiary/aromatic N) is 3. The molecule has 1 fully saturated rings. The second-order valence-corrected chi connectivity index (χ2v) is 8.20. The number of aromatic nitrogens is 1. The average molecular weight is 446 g/mol. The molecule has 170 valence electrons. The fraction of sp³-hybridized carbons (Fsp3) is 0.296. The fourth-order valence-electron chi connectivity index (χ4n) is 4.15. The normalized spacial score (nSPS) is 15.2. The Labute approximate surface area is 194 Å². The molecule has 1 aromatic heterocycles. The van der Waals surface area contributed by atoms with Gasteiger partial charge in [0.1, 0.15) is 24.3 Å². The molecule has 0 saturated carbocycles. The highest BCUT2D eigenvalue weighted by Gasteiger charge is 2.26. The molecule has 5 nitrogen and oxygen atoms in total. The highest BCUT2D eigenvalue weighted by Crippen LogP contribution is 2.33. The minimum atomic E-state index is -0.991. The van der Waals surface area contributed by atoms with Crippen molar-refractivity contribution in [1.82, 2.24) is 9.88 Å². The molecule has 1 atom stereocenters. The molecule has 1 aliphatic rings. The molecule has 3 aromatic rings. The van der Waals surface area contributed by atoms with Gasteiger partial charge >= 0.3 is 0 Å². The van der Waals surface area contributed by atoms with Crippen LogP contribution in [0.25, 0.3) is 0 Å². The monoisotopic (exact) mass is 445 g/mol. The number of anilines is 1. The van der Waals surface area contributed by atoms with Crippen LogP contribution >= 0.6 is 0 Å². The number of aryl methyl sites for hydroxylation is 1. The van der Waals surface area contributed by atoms with Crippen molar-refractivity contribution in [2.75, 3.05) is 37.7 Å². The van der Waals surface area contributed by atoms with Gasteiger partial charge in [-0.1, -0.05) is 42.3 Å². The van der Waals surface area contributed by atoms with Crippen LogP contribution in [0.15, 0.2) is 60.8 Å². The maximum Gasteiger partial charge on any atom is 0.148 e. The number of aliphatic hydroxyl groups is 1. The van der Waals surface area contributed by atoms with Crippen LogP contribution in [0.1, 0.15) is 28.5 Å². The van der Waals surface area contributed by atoms with Gasteiger partial charge < -0.3 is 14.7 Å². The molecule has 0 spiro atoms. The molecule has 6 heteroatoms. The van der Waals surface area contributed by atoms with Crippen LogP contribution < -0.4 is 9.64 Å². The van der Waals surface area contributed by atoms with Gasteiger partial charge in [-0.25, -0.2) is 4.39 Å². The van der Waals surface area contributed by atoms with Gasteiger partial charge in [0.25, 0.3) is 0 Å². The molecule has 4 rings (SSSR count). The first-order valence-corrected chi connectivity index (χ1v) is 11.1. The number of hydrogen-bond acceptors (Lipinski definition) is 5. The Hall–Kier alpha value is -3.40. The number of pyridine rings is 1. The summed E-state index contributed by atoms with van der Waals surface area (Å²) in [6, 6.07) is 16.4. The highest BCUT2D eigenvalue weighted by molar-refractivity contribution is 5.57. The zero-order valence-electron chi connectivity index (χ0n) is 18.7. The van der Waals surface area contributed by atoms with Crippen molar-refractivity contribution in [3.05, 3.63) is 89.0 Å². The second kappa shape index (κ2) is 10.5. The molecular weight excluding hydrogens is 417 g/mol. The van der Waals surface area contributed by atoms with E-state index < -0.39 is 6.10 Å². The van der Waals surface area contributed by atoms with Gasteiger partial charge in [0.15, 0.2) is 0 Å². The number of benzene rings is 2. The fourth-order valence-corrected chi connectivity index (χ4v) is 4.15. The van der Waals surface area contributed by atoms with Gasteiger partial charge in [-0.3, -0.25) is 9.88 Å². The lowest BCUT2D eigenvalue weighted by molar-refractivity contribution is 0.213. The average Bonchev–Trinajstić information content (AvgIpc) is 2.84. The number of terminal acetylenes is 1. The number of aliphatic hydroxyl groups excluding tert-OH is 1. The summed E-state index contributed by atoms with van der Waals surface area (Å²) in [6.45, 7) is 5.72. The standard InChI is InChI=1S/C27H28FN3O2/c1-3-17-33-25-10-5-4-7-21(25)19-30-13-15-31(16-14-30)26-22(8-6-9-23(26)28)27(32)24-12-11-20(2)18-29-24/h1,4-12,18,27,32H,13-17,19H2,2H3. The van der Waals surface area contributed by atoms with Crippen molar-refractivity contribution in [3.8, 4) is 18.1 Å². The van der Waals surface area contributed by atoms with E-state index in [2.05, 4.69) is 15.8 Å². The van der Waals surface area contributed by atoms with Crippen molar-refractivity contribution < 1.29 is 14.2 Å². The molecule has 1 unspecified atom stereocenters. The Morgan fingerprint density at radius 3 is 2.61 bits per heavy atom. The van der Waals surface area contributed by atoms with E-state index in [1.807, 2.05) is 42.2 Å². The van der Waals surface area contributed by atoms with Crippen molar-refractivity contribution in [1.29, 1.82) is 0 Å². The zero-order valence-corrected chi connectivity index (χ0v) is 18.7. The lowest BCUT2D eigenvalue weighted by atomic mass is 10.0. The SMILES string of the molecule is C#CCOc1ccccc1CN1CCN(c2c(F)cccc2C(O)c2ccc(C)cn2)CC1. The van der Waals surface area contributed by atoms with E-state index in [9.17, 15) is 9.50 Å². The minimum absolute atomic E-state index is 0.235. The molecule has 0 aliphatic carbocycles. The summed E-state index contributed by atoms with van der Waals surface area (Å²) in [5, 5.41) is 11.0. The number of halogens is 1. The van der Waals surface area contributed by atoms with Crippen molar-refractivity contribution in [2.45, 2.75) is 19.6 Å². The van der Waals surface area contributed by atoms with E-state index in [0.717, 1.165) is 36.5 Å². The van der Waals surface area contributed by atoms with Crippen LogP contribution in [-0.2, 0) is 6.54 Å².